The highest BCUT2D eigenvalue weighted by Crippen LogP contribution is 2.63. The fourth-order valence-corrected chi connectivity index (χ4v) is 7.25. The Morgan fingerprint density at radius 2 is 1.83 bits per heavy atom. The summed E-state index contributed by atoms with van der Waals surface area (Å²) in [4.78, 5) is 0. The standard InChI is InChI=1S/C21H32O2/c1-14-3-6-19-18-5-4-15-13-21(22-11-12-23-21)10-8-16(15)17(18)7-9-20(14,19)2/h4,14,16-19H,3,5-13H2,1-2H3. The van der Waals surface area contributed by atoms with Crippen LogP contribution in [0.2, 0.25) is 0 Å². The number of hydrogen-bond acceptors (Lipinski definition) is 2. The first kappa shape index (κ1) is 15.0. The van der Waals surface area contributed by atoms with E-state index in [9.17, 15) is 0 Å². The summed E-state index contributed by atoms with van der Waals surface area (Å²) in [5.74, 6) is 4.45. The van der Waals surface area contributed by atoms with Crippen molar-refractivity contribution in [1.82, 2.24) is 0 Å². The van der Waals surface area contributed by atoms with Gasteiger partial charge in [-0.05, 0) is 73.5 Å². The van der Waals surface area contributed by atoms with Crippen molar-refractivity contribution in [2.75, 3.05) is 13.2 Å². The lowest BCUT2D eigenvalue weighted by molar-refractivity contribution is -0.176. The zero-order chi connectivity index (χ0) is 15.7. The van der Waals surface area contributed by atoms with Crippen LogP contribution in [0.25, 0.3) is 0 Å². The van der Waals surface area contributed by atoms with Crippen LogP contribution in [0, 0.1) is 35.0 Å². The van der Waals surface area contributed by atoms with Gasteiger partial charge in [-0.2, -0.15) is 0 Å². The molecule has 0 aromatic heterocycles. The summed E-state index contributed by atoms with van der Waals surface area (Å²) in [6, 6.07) is 0. The Balaban J connectivity index is 1.41. The highest BCUT2D eigenvalue weighted by Gasteiger charge is 2.55. The lowest BCUT2D eigenvalue weighted by Gasteiger charge is -2.54. The van der Waals surface area contributed by atoms with Gasteiger partial charge in [-0.15, -0.1) is 0 Å². The Morgan fingerprint density at radius 1 is 1.00 bits per heavy atom. The number of fused-ring (bicyclic) bond motifs is 5. The van der Waals surface area contributed by atoms with E-state index in [-0.39, 0.29) is 5.79 Å². The maximum Gasteiger partial charge on any atom is 0.172 e. The van der Waals surface area contributed by atoms with Crippen LogP contribution in [0.4, 0.5) is 0 Å². The van der Waals surface area contributed by atoms with Gasteiger partial charge in [0.1, 0.15) is 0 Å². The molecule has 4 fully saturated rings. The molecule has 0 N–H and O–H groups in total. The van der Waals surface area contributed by atoms with Crippen LogP contribution in [-0.2, 0) is 9.47 Å². The monoisotopic (exact) mass is 316 g/mol. The molecule has 5 rings (SSSR count). The summed E-state index contributed by atoms with van der Waals surface area (Å²) < 4.78 is 12.0. The van der Waals surface area contributed by atoms with E-state index < -0.39 is 0 Å². The summed E-state index contributed by atoms with van der Waals surface area (Å²) >= 11 is 0. The Bertz CT molecular complexity index is 518. The second kappa shape index (κ2) is 5.08. The van der Waals surface area contributed by atoms with Gasteiger partial charge in [0.15, 0.2) is 5.79 Å². The van der Waals surface area contributed by atoms with Gasteiger partial charge in [-0.3, -0.25) is 0 Å². The van der Waals surface area contributed by atoms with Gasteiger partial charge in [-0.1, -0.05) is 25.5 Å². The van der Waals surface area contributed by atoms with Crippen LogP contribution in [0.1, 0.15) is 65.2 Å². The van der Waals surface area contributed by atoms with Gasteiger partial charge >= 0.3 is 0 Å². The first-order valence-corrected chi connectivity index (χ1v) is 10.1. The molecule has 23 heavy (non-hydrogen) atoms. The van der Waals surface area contributed by atoms with Gasteiger partial charge in [0.05, 0.1) is 13.2 Å². The second-order valence-corrected chi connectivity index (χ2v) is 9.40. The summed E-state index contributed by atoms with van der Waals surface area (Å²) in [6.07, 6.45) is 13.3. The van der Waals surface area contributed by atoms with Crippen LogP contribution < -0.4 is 0 Å². The predicted molar refractivity (Wildman–Crippen MR) is 90.9 cm³/mol. The van der Waals surface area contributed by atoms with Gasteiger partial charge in [-0.25, -0.2) is 0 Å². The topological polar surface area (TPSA) is 18.5 Å². The Kier molecular flexibility index (Phi) is 3.30. The smallest absolute Gasteiger partial charge is 0.172 e. The number of ether oxygens (including phenoxy) is 2. The average molecular weight is 316 g/mol. The molecule has 0 amide bonds. The van der Waals surface area contributed by atoms with E-state index in [1.165, 1.54) is 38.5 Å². The molecular weight excluding hydrogens is 284 g/mol. The Hall–Kier alpha value is -0.340. The van der Waals surface area contributed by atoms with Crippen LogP contribution in [0.5, 0.6) is 0 Å². The molecule has 1 saturated heterocycles. The summed E-state index contributed by atoms with van der Waals surface area (Å²) in [5.41, 5.74) is 2.33. The highest BCUT2D eigenvalue weighted by molar-refractivity contribution is 5.21. The first-order chi connectivity index (χ1) is 11.1. The van der Waals surface area contributed by atoms with Crippen molar-refractivity contribution < 1.29 is 9.47 Å². The molecule has 5 aliphatic rings. The summed E-state index contributed by atoms with van der Waals surface area (Å²) in [5, 5.41) is 0. The van der Waals surface area contributed by atoms with Gasteiger partial charge < -0.3 is 9.47 Å². The van der Waals surface area contributed by atoms with Crippen molar-refractivity contribution in [1.29, 1.82) is 0 Å². The fraction of sp³-hybridized carbons (Fsp3) is 0.905. The zero-order valence-corrected chi connectivity index (χ0v) is 14.9. The molecule has 1 spiro atoms. The zero-order valence-electron chi connectivity index (χ0n) is 14.9. The molecule has 4 aliphatic carbocycles. The molecule has 2 nitrogen and oxygen atoms in total. The molecular formula is C21H32O2. The molecule has 0 radical (unpaired) electrons. The normalized spacial score (nSPS) is 51.0. The minimum absolute atomic E-state index is 0.236. The van der Waals surface area contributed by atoms with Crippen LogP contribution in [-0.4, -0.2) is 19.0 Å². The largest absolute Gasteiger partial charge is 0.347 e. The summed E-state index contributed by atoms with van der Waals surface area (Å²) in [7, 11) is 0. The number of allylic oxidation sites excluding steroid dienone is 1. The van der Waals surface area contributed by atoms with E-state index in [0.717, 1.165) is 55.6 Å². The molecule has 0 bridgehead atoms. The van der Waals surface area contributed by atoms with Crippen molar-refractivity contribution >= 4 is 0 Å². The predicted octanol–water partition coefficient (Wildman–Crippen LogP) is 4.94. The van der Waals surface area contributed by atoms with Crippen molar-refractivity contribution in [3.8, 4) is 0 Å². The maximum atomic E-state index is 6.00. The molecule has 1 aliphatic heterocycles. The Labute approximate surface area is 141 Å². The molecule has 1 heterocycles. The van der Waals surface area contributed by atoms with Crippen molar-refractivity contribution in [2.24, 2.45) is 35.0 Å². The molecule has 6 unspecified atom stereocenters. The first-order valence-electron chi connectivity index (χ1n) is 10.1. The summed E-state index contributed by atoms with van der Waals surface area (Å²) in [6.45, 7) is 6.72. The third-order valence-electron chi connectivity index (χ3n) is 8.74. The van der Waals surface area contributed by atoms with E-state index in [1.54, 1.807) is 5.57 Å². The third-order valence-corrected chi connectivity index (χ3v) is 8.74. The minimum Gasteiger partial charge on any atom is -0.347 e. The molecule has 0 aromatic rings. The van der Waals surface area contributed by atoms with E-state index >= 15 is 0 Å². The minimum atomic E-state index is -0.236. The van der Waals surface area contributed by atoms with E-state index in [2.05, 4.69) is 19.9 Å². The number of rotatable bonds is 0. The van der Waals surface area contributed by atoms with Crippen LogP contribution in [0.3, 0.4) is 0 Å². The van der Waals surface area contributed by atoms with E-state index in [4.69, 9.17) is 9.47 Å². The van der Waals surface area contributed by atoms with Crippen LogP contribution in [0.15, 0.2) is 11.6 Å². The third kappa shape index (κ3) is 2.07. The lowest BCUT2D eigenvalue weighted by atomic mass is 9.52. The quantitative estimate of drug-likeness (QED) is 0.589. The van der Waals surface area contributed by atoms with E-state index in [1.807, 2.05) is 0 Å². The molecule has 0 aromatic carbocycles. The molecule has 128 valence electrons. The second-order valence-electron chi connectivity index (χ2n) is 9.40. The van der Waals surface area contributed by atoms with Crippen molar-refractivity contribution in [3.05, 3.63) is 11.6 Å². The average Bonchev–Trinajstić information content (AvgIpc) is 3.12. The maximum absolute atomic E-state index is 6.00. The lowest BCUT2D eigenvalue weighted by Crippen LogP contribution is -2.47. The van der Waals surface area contributed by atoms with E-state index in [0.29, 0.717) is 5.41 Å². The van der Waals surface area contributed by atoms with Gasteiger partial charge in [0, 0.05) is 12.8 Å². The molecule has 2 heteroatoms. The van der Waals surface area contributed by atoms with Gasteiger partial charge in [0.2, 0.25) is 0 Å². The molecule has 3 saturated carbocycles. The Morgan fingerprint density at radius 3 is 2.65 bits per heavy atom. The SMILES string of the molecule is CC1CCC2C3CC=C4CC5(CCC4C3CCC12C)OCCO5. The van der Waals surface area contributed by atoms with Crippen molar-refractivity contribution in [3.63, 3.8) is 0 Å². The highest BCUT2D eigenvalue weighted by atomic mass is 16.7. The van der Waals surface area contributed by atoms with Crippen LogP contribution >= 0.6 is 0 Å². The number of hydrogen-bond donors (Lipinski definition) is 0. The van der Waals surface area contributed by atoms with Gasteiger partial charge in [0.25, 0.3) is 0 Å². The van der Waals surface area contributed by atoms with Crippen molar-refractivity contribution in [2.45, 2.75) is 71.0 Å². The fourth-order valence-electron chi connectivity index (χ4n) is 7.25. The molecule has 6 atom stereocenters.